The van der Waals surface area contributed by atoms with Crippen molar-refractivity contribution in [2.24, 2.45) is 0 Å². The molecule has 8 heteroatoms. The van der Waals surface area contributed by atoms with Gasteiger partial charge in [0.15, 0.2) is 6.29 Å². The number of alkyl carbamates (subject to hydrolysis) is 1. The van der Waals surface area contributed by atoms with Gasteiger partial charge in [0.25, 0.3) is 0 Å². The Morgan fingerprint density at radius 1 is 1.27 bits per heavy atom. The number of amides is 1. The Labute approximate surface area is 175 Å². The highest BCUT2D eigenvalue weighted by atomic mass is 19.1. The smallest absolute Gasteiger partial charge is 0.407 e. The summed E-state index contributed by atoms with van der Waals surface area (Å²) in [6, 6.07) is 4.71. The Hall–Kier alpha value is -3.03. The SMILES string of the molecule is Cc1cc(F)cc(-c2cnnc(C=O)c2N2CCC(NC(=O)OC(C)(C)C)CC2)c1. The highest BCUT2D eigenvalue weighted by Crippen LogP contribution is 2.34. The molecule has 0 saturated carbocycles. The van der Waals surface area contributed by atoms with Crippen LogP contribution in [0.3, 0.4) is 0 Å². The number of rotatable bonds is 4. The Morgan fingerprint density at radius 2 is 1.97 bits per heavy atom. The van der Waals surface area contributed by atoms with E-state index >= 15 is 0 Å². The van der Waals surface area contributed by atoms with Crippen LogP contribution in [0.4, 0.5) is 14.9 Å². The molecule has 1 N–H and O–H groups in total. The Kier molecular flexibility index (Phi) is 6.34. The van der Waals surface area contributed by atoms with Gasteiger partial charge < -0.3 is 15.0 Å². The van der Waals surface area contributed by atoms with Gasteiger partial charge in [-0.2, -0.15) is 5.10 Å². The molecule has 30 heavy (non-hydrogen) atoms. The fourth-order valence-corrected chi connectivity index (χ4v) is 3.63. The van der Waals surface area contributed by atoms with Gasteiger partial charge in [-0.1, -0.05) is 6.07 Å². The monoisotopic (exact) mass is 414 g/mol. The minimum atomic E-state index is -0.551. The number of hydrogen-bond acceptors (Lipinski definition) is 6. The number of carbonyl (C=O) groups excluding carboxylic acids is 2. The summed E-state index contributed by atoms with van der Waals surface area (Å²) in [5, 5.41) is 10.8. The predicted octanol–water partition coefficient (Wildman–Crippen LogP) is 3.90. The maximum atomic E-state index is 14.0. The van der Waals surface area contributed by atoms with Crippen LogP contribution in [0.2, 0.25) is 0 Å². The minimum Gasteiger partial charge on any atom is -0.444 e. The summed E-state index contributed by atoms with van der Waals surface area (Å²) in [4.78, 5) is 25.7. The number of aromatic nitrogens is 2. The Balaban J connectivity index is 1.80. The number of halogens is 1. The molecule has 2 aromatic rings. The summed E-state index contributed by atoms with van der Waals surface area (Å²) >= 11 is 0. The van der Waals surface area contributed by atoms with Gasteiger partial charge in [-0.3, -0.25) is 4.79 Å². The second kappa shape index (κ2) is 8.77. The van der Waals surface area contributed by atoms with Crippen molar-refractivity contribution in [3.05, 3.63) is 41.5 Å². The molecule has 1 aliphatic rings. The van der Waals surface area contributed by atoms with Crippen LogP contribution in [0, 0.1) is 12.7 Å². The van der Waals surface area contributed by atoms with E-state index in [1.54, 1.807) is 6.20 Å². The fraction of sp³-hybridized carbons (Fsp3) is 0.455. The van der Waals surface area contributed by atoms with Gasteiger partial charge in [0, 0.05) is 24.7 Å². The van der Waals surface area contributed by atoms with Gasteiger partial charge in [-0.15, -0.1) is 5.10 Å². The van der Waals surface area contributed by atoms with Gasteiger partial charge in [-0.25, -0.2) is 9.18 Å². The molecule has 1 fully saturated rings. The van der Waals surface area contributed by atoms with Crippen LogP contribution in [0.15, 0.2) is 24.4 Å². The maximum Gasteiger partial charge on any atom is 0.407 e. The third-order valence-corrected chi connectivity index (χ3v) is 4.85. The zero-order valence-corrected chi connectivity index (χ0v) is 17.7. The van der Waals surface area contributed by atoms with Gasteiger partial charge in [-0.05, 0) is 63.8 Å². The lowest BCUT2D eigenvalue weighted by atomic mass is 9.99. The summed E-state index contributed by atoms with van der Waals surface area (Å²) in [6.07, 6.45) is 3.16. The molecule has 0 aliphatic carbocycles. The van der Waals surface area contributed by atoms with E-state index in [4.69, 9.17) is 4.74 Å². The van der Waals surface area contributed by atoms with Crippen molar-refractivity contribution >= 4 is 18.1 Å². The maximum absolute atomic E-state index is 14.0. The molecule has 1 aromatic carbocycles. The van der Waals surface area contributed by atoms with Crippen LogP contribution in [0.1, 0.15) is 49.7 Å². The molecule has 1 aliphatic heterocycles. The normalized spacial score (nSPS) is 15.0. The lowest BCUT2D eigenvalue weighted by molar-refractivity contribution is 0.0497. The first-order chi connectivity index (χ1) is 14.2. The third-order valence-electron chi connectivity index (χ3n) is 4.85. The number of aryl methyl sites for hydroxylation is 1. The molecule has 0 atom stereocenters. The quantitative estimate of drug-likeness (QED) is 0.764. The van der Waals surface area contributed by atoms with E-state index in [1.165, 1.54) is 12.1 Å². The lowest BCUT2D eigenvalue weighted by Gasteiger charge is -2.35. The molecule has 0 bridgehead atoms. The molecule has 7 nitrogen and oxygen atoms in total. The molecule has 2 heterocycles. The van der Waals surface area contributed by atoms with E-state index in [0.29, 0.717) is 49.0 Å². The van der Waals surface area contributed by atoms with E-state index in [1.807, 2.05) is 38.7 Å². The third kappa shape index (κ3) is 5.31. The van der Waals surface area contributed by atoms with Crippen molar-refractivity contribution < 1.29 is 18.7 Å². The predicted molar refractivity (Wildman–Crippen MR) is 112 cm³/mol. The van der Waals surface area contributed by atoms with Crippen molar-refractivity contribution in [1.29, 1.82) is 0 Å². The zero-order valence-electron chi connectivity index (χ0n) is 17.7. The van der Waals surface area contributed by atoms with Crippen molar-refractivity contribution in [1.82, 2.24) is 15.5 Å². The topological polar surface area (TPSA) is 84.4 Å². The highest BCUT2D eigenvalue weighted by Gasteiger charge is 2.27. The summed E-state index contributed by atoms with van der Waals surface area (Å²) < 4.78 is 19.3. The van der Waals surface area contributed by atoms with Gasteiger partial charge in [0.05, 0.1) is 11.9 Å². The molecule has 1 amide bonds. The van der Waals surface area contributed by atoms with Crippen LogP contribution < -0.4 is 10.2 Å². The van der Waals surface area contributed by atoms with Crippen molar-refractivity contribution in [2.45, 2.75) is 52.2 Å². The van der Waals surface area contributed by atoms with Crippen LogP contribution in [-0.4, -0.2) is 47.3 Å². The Morgan fingerprint density at radius 3 is 2.57 bits per heavy atom. The number of anilines is 1. The molecule has 0 unspecified atom stereocenters. The molecule has 1 aromatic heterocycles. The summed E-state index contributed by atoms with van der Waals surface area (Å²) in [5.41, 5.74) is 2.39. The molecule has 3 rings (SSSR count). The van der Waals surface area contributed by atoms with Crippen LogP contribution in [-0.2, 0) is 4.74 Å². The van der Waals surface area contributed by atoms with E-state index < -0.39 is 11.7 Å². The van der Waals surface area contributed by atoms with E-state index in [-0.39, 0.29) is 17.6 Å². The molecular weight excluding hydrogens is 387 g/mol. The van der Waals surface area contributed by atoms with Gasteiger partial charge in [0.1, 0.15) is 17.1 Å². The number of piperidine rings is 1. The van der Waals surface area contributed by atoms with Gasteiger partial charge >= 0.3 is 6.09 Å². The summed E-state index contributed by atoms with van der Waals surface area (Å²) in [5.74, 6) is -0.347. The first kappa shape index (κ1) is 21.7. The highest BCUT2D eigenvalue weighted by molar-refractivity contribution is 5.90. The minimum absolute atomic E-state index is 0.0227. The summed E-state index contributed by atoms with van der Waals surface area (Å²) in [6.45, 7) is 8.49. The molecule has 0 radical (unpaired) electrons. The van der Waals surface area contributed by atoms with Crippen molar-refractivity contribution in [3.63, 3.8) is 0 Å². The van der Waals surface area contributed by atoms with Crippen LogP contribution >= 0.6 is 0 Å². The zero-order chi connectivity index (χ0) is 21.9. The Bertz CT molecular complexity index is 914. The summed E-state index contributed by atoms with van der Waals surface area (Å²) in [7, 11) is 0. The number of nitrogens with one attached hydrogen (secondary N) is 1. The number of aldehydes is 1. The average molecular weight is 414 g/mol. The van der Waals surface area contributed by atoms with E-state index in [0.717, 1.165) is 5.56 Å². The van der Waals surface area contributed by atoms with Crippen molar-refractivity contribution in [2.75, 3.05) is 18.0 Å². The van der Waals surface area contributed by atoms with Crippen molar-refractivity contribution in [3.8, 4) is 11.1 Å². The first-order valence-electron chi connectivity index (χ1n) is 9.99. The van der Waals surface area contributed by atoms with Crippen LogP contribution in [0.25, 0.3) is 11.1 Å². The fourth-order valence-electron chi connectivity index (χ4n) is 3.63. The van der Waals surface area contributed by atoms with Crippen LogP contribution in [0.5, 0.6) is 0 Å². The molecule has 1 saturated heterocycles. The number of ether oxygens (including phenoxy) is 1. The number of carbonyl (C=O) groups is 2. The largest absolute Gasteiger partial charge is 0.444 e. The molecular formula is C22H27FN4O3. The average Bonchev–Trinajstić information content (AvgIpc) is 2.65. The molecule has 160 valence electrons. The van der Waals surface area contributed by atoms with E-state index in [2.05, 4.69) is 15.5 Å². The second-order valence-corrected chi connectivity index (χ2v) is 8.53. The lowest BCUT2D eigenvalue weighted by Crippen LogP contribution is -2.46. The number of hydrogen-bond donors (Lipinski definition) is 1. The second-order valence-electron chi connectivity index (χ2n) is 8.53. The first-order valence-corrected chi connectivity index (χ1v) is 9.99. The molecule has 0 spiro atoms. The number of benzene rings is 1. The standard InChI is InChI=1S/C22H27FN4O3/c1-14-9-15(11-16(23)10-14)18-12-24-26-19(13-28)20(18)27-7-5-17(6-8-27)25-21(29)30-22(2,3)4/h9-13,17H,5-8H2,1-4H3,(H,25,29). The van der Waals surface area contributed by atoms with E-state index in [9.17, 15) is 14.0 Å². The number of nitrogens with zero attached hydrogens (tertiary/aromatic N) is 3. The van der Waals surface area contributed by atoms with Gasteiger partial charge in [0.2, 0.25) is 0 Å².